The maximum atomic E-state index is 13.7. The van der Waals surface area contributed by atoms with E-state index in [1.165, 1.54) is 12.3 Å². The zero-order chi connectivity index (χ0) is 12.7. The fourth-order valence-corrected chi connectivity index (χ4v) is 2.13. The van der Waals surface area contributed by atoms with Crippen LogP contribution in [0.5, 0.6) is 0 Å². The summed E-state index contributed by atoms with van der Waals surface area (Å²) in [4.78, 5) is 4.14. The number of aromatic nitrogens is 2. The fraction of sp³-hybridized carbons (Fsp3) is 0.250. The summed E-state index contributed by atoms with van der Waals surface area (Å²) in [6.45, 7) is 1.95. The highest BCUT2D eigenvalue weighted by Gasteiger charge is 2.20. The molecule has 6 heteroatoms. The first-order valence-electron chi connectivity index (χ1n) is 5.57. The van der Waals surface area contributed by atoms with Crippen molar-refractivity contribution >= 4 is 0 Å². The number of hydrogen-bond donors (Lipinski definition) is 1. The van der Waals surface area contributed by atoms with Gasteiger partial charge in [0.25, 0.3) is 0 Å². The number of nitrogens with one attached hydrogen (secondary N) is 1. The van der Waals surface area contributed by atoms with Crippen LogP contribution in [0, 0.1) is 17.5 Å². The Morgan fingerprint density at radius 3 is 2.83 bits per heavy atom. The first kappa shape index (κ1) is 11.3. The highest BCUT2D eigenvalue weighted by atomic mass is 19.2. The Labute approximate surface area is 101 Å². The molecule has 1 N–H and O–H groups in total. The topological polar surface area (TPSA) is 29.9 Å². The van der Waals surface area contributed by atoms with Crippen molar-refractivity contribution in [3.8, 4) is 11.3 Å². The molecule has 0 aliphatic carbocycles. The second kappa shape index (κ2) is 4.13. The Balaban J connectivity index is 2.16. The van der Waals surface area contributed by atoms with E-state index in [1.807, 2.05) is 4.57 Å². The maximum absolute atomic E-state index is 13.7. The van der Waals surface area contributed by atoms with Crippen LogP contribution in [0.25, 0.3) is 11.3 Å². The van der Waals surface area contributed by atoms with E-state index in [9.17, 15) is 13.2 Å². The standard InChI is InChI=1S/C12H10F3N3/c13-8-2-1-7(11(14)12(8)15)9-5-17-10-6-16-3-4-18(9)10/h1-2,5,16H,3-4,6H2. The summed E-state index contributed by atoms with van der Waals surface area (Å²) in [5.41, 5.74) is 0.512. The predicted molar refractivity (Wildman–Crippen MR) is 59.2 cm³/mol. The normalized spacial score (nSPS) is 14.6. The molecule has 1 aliphatic rings. The predicted octanol–water partition coefficient (Wildman–Crippen LogP) is 2.07. The molecule has 0 unspecified atom stereocenters. The van der Waals surface area contributed by atoms with Gasteiger partial charge in [0.1, 0.15) is 5.82 Å². The average Bonchev–Trinajstić information content (AvgIpc) is 2.80. The van der Waals surface area contributed by atoms with Crippen LogP contribution in [-0.2, 0) is 13.1 Å². The monoisotopic (exact) mass is 253 g/mol. The summed E-state index contributed by atoms with van der Waals surface area (Å²) in [6, 6.07) is 2.16. The van der Waals surface area contributed by atoms with E-state index >= 15 is 0 Å². The molecule has 0 saturated heterocycles. The minimum Gasteiger partial charge on any atom is -0.326 e. The summed E-state index contributed by atoms with van der Waals surface area (Å²) in [6.07, 6.45) is 1.48. The van der Waals surface area contributed by atoms with Crippen LogP contribution in [0.1, 0.15) is 5.82 Å². The van der Waals surface area contributed by atoms with E-state index in [0.29, 0.717) is 18.8 Å². The molecular weight excluding hydrogens is 243 g/mol. The van der Waals surface area contributed by atoms with E-state index in [-0.39, 0.29) is 5.56 Å². The largest absolute Gasteiger partial charge is 0.326 e. The number of benzene rings is 1. The van der Waals surface area contributed by atoms with Crippen LogP contribution in [-0.4, -0.2) is 16.1 Å². The maximum Gasteiger partial charge on any atom is 0.195 e. The number of nitrogens with zero attached hydrogens (tertiary/aromatic N) is 2. The molecule has 0 atom stereocenters. The second-order valence-electron chi connectivity index (χ2n) is 4.11. The summed E-state index contributed by atoms with van der Waals surface area (Å²) in [7, 11) is 0. The SMILES string of the molecule is Fc1ccc(-c2cnc3n2CCNC3)c(F)c1F. The Hall–Kier alpha value is -1.82. The lowest BCUT2D eigenvalue weighted by Gasteiger charge is -2.17. The van der Waals surface area contributed by atoms with Crippen LogP contribution in [0.4, 0.5) is 13.2 Å². The molecule has 94 valence electrons. The highest BCUT2D eigenvalue weighted by molar-refractivity contribution is 5.60. The second-order valence-corrected chi connectivity index (χ2v) is 4.11. The van der Waals surface area contributed by atoms with Crippen LogP contribution < -0.4 is 5.32 Å². The van der Waals surface area contributed by atoms with E-state index in [1.54, 1.807) is 0 Å². The van der Waals surface area contributed by atoms with E-state index in [4.69, 9.17) is 0 Å². The van der Waals surface area contributed by atoms with Gasteiger partial charge in [-0.1, -0.05) is 0 Å². The Morgan fingerprint density at radius 1 is 1.17 bits per heavy atom. The Morgan fingerprint density at radius 2 is 2.00 bits per heavy atom. The van der Waals surface area contributed by atoms with E-state index in [2.05, 4.69) is 10.3 Å². The summed E-state index contributed by atoms with van der Waals surface area (Å²) in [5.74, 6) is -3.04. The molecular formula is C12H10F3N3. The van der Waals surface area contributed by atoms with Crippen molar-refractivity contribution in [2.24, 2.45) is 0 Å². The zero-order valence-corrected chi connectivity index (χ0v) is 9.38. The molecule has 1 aromatic heterocycles. The lowest BCUT2D eigenvalue weighted by Crippen LogP contribution is -2.28. The van der Waals surface area contributed by atoms with Crippen molar-refractivity contribution < 1.29 is 13.2 Å². The molecule has 2 heterocycles. The van der Waals surface area contributed by atoms with Gasteiger partial charge in [-0.05, 0) is 12.1 Å². The summed E-state index contributed by atoms with van der Waals surface area (Å²) in [5, 5.41) is 3.13. The van der Waals surface area contributed by atoms with Crippen molar-refractivity contribution in [2.75, 3.05) is 6.54 Å². The number of imidazole rings is 1. The smallest absolute Gasteiger partial charge is 0.195 e. The minimum atomic E-state index is -1.45. The fourth-order valence-electron chi connectivity index (χ4n) is 2.13. The van der Waals surface area contributed by atoms with Crippen LogP contribution >= 0.6 is 0 Å². The van der Waals surface area contributed by atoms with Gasteiger partial charge in [-0.15, -0.1) is 0 Å². The third-order valence-electron chi connectivity index (χ3n) is 3.04. The Kier molecular flexibility index (Phi) is 2.59. The van der Waals surface area contributed by atoms with Gasteiger partial charge in [0, 0.05) is 18.7 Å². The van der Waals surface area contributed by atoms with Crippen LogP contribution in [0.3, 0.4) is 0 Å². The Bertz CT molecular complexity index is 607. The number of hydrogen-bond acceptors (Lipinski definition) is 2. The van der Waals surface area contributed by atoms with Gasteiger partial charge in [-0.25, -0.2) is 18.2 Å². The summed E-state index contributed by atoms with van der Waals surface area (Å²) >= 11 is 0. The van der Waals surface area contributed by atoms with Crippen molar-refractivity contribution in [1.29, 1.82) is 0 Å². The lowest BCUT2D eigenvalue weighted by molar-refractivity contribution is 0.447. The van der Waals surface area contributed by atoms with E-state index in [0.717, 1.165) is 18.4 Å². The molecule has 2 aromatic rings. The van der Waals surface area contributed by atoms with Crippen molar-refractivity contribution in [3.63, 3.8) is 0 Å². The number of fused-ring (bicyclic) bond motifs is 1. The molecule has 0 radical (unpaired) electrons. The third kappa shape index (κ3) is 1.60. The van der Waals surface area contributed by atoms with Gasteiger partial charge < -0.3 is 9.88 Å². The van der Waals surface area contributed by atoms with Crippen LogP contribution in [0.15, 0.2) is 18.3 Å². The molecule has 0 bridgehead atoms. The number of rotatable bonds is 1. The van der Waals surface area contributed by atoms with Crippen LogP contribution in [0.2, 0.25) is 0 Å². The first-order chi connectivity index (χ1) is 8.68. The molecule has 3 nitrogen and oxygen atoms in total. The van der Waals surface area contributed by atoms with Gasteiger partial charge in [0.2, 0.25) is 0 Å². The molecule has 1 aromatic carbocycles. The van der Waals surface area contributed by atoms with Gasteiger partial charge in [0.05, 0.1) is 18.4 Å². The van der Waals surface area contributed by atoms with Gasteiger partial charge in [-0.3, -0.25) is 0 Å². The molecule has 18 heavy (non-hydrogen) atoms. The molecule has 0 amide bonds. The number of halogens is 3. The third-order valence-corrected chi connectivity index (χ3v) is 3.04. The molecule has 0 saturated carbocycles. The van der Waals surface area contributed by atoms with Crippen molar-refractivity contribution in [3.05, 3.63) is 41.6 Å². The minimum absolute atomic E-state index is 0.0366. The molecule has 3 rings (SSSR count). The molecule has 1 aliphatic heterocycles. The highest BCUT2D eigenvalue weighted by Crippen LogP contribution is 2.27. The van der Waals surface area contributed by atoms with Gasteiger partial charge in [0.15, 0.2) is 17.5 Å². The molecule has 0 spiro atoms. The van der Waals surface area contributed by atoms with Gasteiger partial charge in [-0.2, -0.15) is 0 Å². The lowest BCUT2D eigenvalue weighted by atomic mass is 10.1. The zero-order valence-electron chi connectivity index (χ0n) is 9.38. The van der Waals surface area contributed by atoms with Crippen molar-refractivity contribution in [2.45, 2.75) is 13.1 Å². The van der Waals surface area contributed by atoms with E-state index < -0.39 is 17.5 Å². The summed E-state index contributed by atoms with van der Waals surface area (Å²) < 4.78 is 41.7. The van der Waals surface area contributed by atoms with Crippen molar-refractivity contribution in [1.82, 2.24) is 14.9 Å². The average molecular weight is 253 g/mol. The van der Waals surface area contributed by atoms with Gasteiger partial charge >= 0.3 is 0 Å². The first-order valence-corrected chi connectivity index (χ1v) is 5.57. The molecule has 0 fully saturated rings. The quantitative estimate of drug-likeness (QED) is 0.788.